The molecule has 1 aliphatic rings. The zero-order valence-electron chi connectivity index (χ0n) is 12.4. The number of nitrogens with zero attached hydrogens (tertiary/aromatic N) is 1. The third-order valence-electron chi connectivity index (χ3n) is 3.27. The number of hydrogen-bond donors (Lipinski definition) is 2. The first-order valence-electron chi connectivity index (χ1n) is 7.06. The van der Waals surface area contributed by atoms with Crippen LogP contribution in [0.1, 0.15) is 20.3 Å². The number of carbonyl (C=O) groups is 2. The molecule has 0 aliphatic carbocycles. The van der Waals surface area contributed by atoms with Gasteiger partial charge in [-0.1, -0.05) is 13.8 Å². The first kappa shape index (κ1) is 15.2. The summed E-state index contributed by atoms with van der Waals surface area (Å²) in [5.74, 6) is 0.656. The molecule has 1 aromatic rings. The van der Waals surface area contributed by atoms with Crippen LogP contribution < -0.4 is 20.7 Å². The number of carbonyl (C=O) groups excluding carboxylic acids is 2. The average Bonchev–Trinajstić information content (AvgIpc) is 2.41. The van der Waals surface area contributed by atoms with E-state index in [0.29, 0.717) is 29.6 Å². The molecule has 0 radical (unpaired) electrons. The van der Waals surface area contributed by atoms with Gasteiger partial charge in [0.1, 0.15) is 12.3 Å². The quantitative estimate of drug-likeness (QED) is 0.797. The molecule has 114 valence electrons. The molecule has 0 aromatic heterocycles. The second-order valence-electron chi connectivity index (χ2n) is 5.53. The van der Waals surface area contributed by atoms with Gasteiger partial charge in [-0.3, -0.25) is 14.5 Å². The topological polar surface area (TPSA) is 84.7 Å². The highest BCUT2D eigenvalue weighted by atomic mass is 16.5. The minimum atomic E-state index is -0.230. The first-order chi connectivity index (χ1) is 9.97. The van der Waals surface area contributed by atoms with Crippen molar-refractivity contribution in [2.24, 2.45) is 5.92 Å². The fourth-order valence-electron chi connectivity index (χ4n) is 2.09. The van der Waals surface area contributed by atoms with E-state index >= 15 is 0 Å². The summed E-state index contributed by atoms with van der Waals surface area (Å²) in [4.78, 5) is 25.3. The van der Waals surface area contributed by atoms with E-state index in [1.165, 1.54) is 4.90 Å². The van der Waals surface area contributed by atoms with Crippen molar-refractivity contribution in [2.45, 2.75) is 20.3 Å². The van der Waals surface area contributed by atoms with Crippen molar-refractivity contribution in [3.63, 3.8) is 0 Å². The number of nitrogens with one attached hydrogen (secondary N) is 1. The number of nitrogens with two attached hydrogens (primary N) is 1. The van der Waals surface area contributed by atoms with E-state index < -0.39 is 0 Å². The number of anilines is 2. The minimum Gasteiger partial charge on any atom is -0.481 e. The average molecular weight is 291 g/mol. The minimum absolute atomic E-state index is 0.00277. The number of amides is 2. The number of ether oxygens (including phenoxy) is 1. The highest BCUT2D eigenvalue weighted by Gasteiger charge is 2.27. The molecule has 3 N–H and O–H groups in total. The smallest absolute Gasteiger partial charge is 0.265 e. The molecule has 0 unspecified atom stereocenters. The molecule has 2 rings (SSSR count). The Morgan fingerprint density at radius 3 is 2.95 bits per heavy atom. The van der Waals surface area contributed by atoms with Gasteiger partial charge in [-0.2, -0.15) is 0 Å². The van der Waals surface area contributed by atoms with Gasteiger partial charge in [0.15, 0.2) is 6.61 Å². The molecular formula is C15H21N3O3. The van der Waals surface area contributed by atoms with E-state index in [1.54, 1.807) is 18.2 Å². The molecule has 0 saturated heterocycles. The zero-order valence-corrected chi connectivity index (χ0v) is 12.4. The van der Waals surface area contributed by atoms with Gasteiger partial charge in [-0.15, -0.1) is 0 Å². The Morgan fingerprint density at radius 1 is 1.48 bits per heavy atom. The van der Waals surface area contributed by atoms with Gasteiger partial charge in [0.25, 0.3) is 5.91 Å². The lowest BCUT2D eigenvalue weighted by Crippen LogP contribution is -2.45. The Hall–Kier alpha value is -2.24. The van der Waals surface area contributed by atoms with Crippen molar-refractivity contribution < 1.29 is 14.3 Å². The number of rotatable bonds is 5. The second kappa shape index (κ2) is 6.47. The van der Waals surface area contributed by atoms with Gasteiger partial charge >= 0.3 is 0 Å². The number of nitrogen functional groups attached to an aromatic ring is 1. The molecule has 0 spiro atoms. The molecule has 1 aliphatic heterocycles. The van der Waals surface area contributed by atoms with Crippen LogP contribution in [-0.4, -0.2) is 31.5 Å². The molecule has 1 aromatic carbocycles. The van der Waals surface area contributed by atoms with E-state index in [4.69, 9.17) is 10.5 Å². The molecule has 1 heterocycles. The van der Waals surface area contributed by atoms with Crippen LogP contribution in [0, 0.1) is 5.92 Å². The molecule has 0 atom stereocenters. The lowest BCUT2D eigenvalue weighted by Gasteiger charge is -2.29. The summed E-state index contributed by atoms with van der Waals surface area (Å²) >= 11 is 0. The lowest BCUT2D eigenvalue weighted by molar-refractivity contribution is -0.125. The van der Waals surface area contributed by atoms with E-state index in [9.17, 15) is 9.59 Å². The Bertz CT molecular complexity index is 543. The van der Waals surface area contributed by atoms with Gasteiger partial charge in [-0.25, -0.2) is 0 Å². The summed E-state index contributed by atoms with van der Waals surface area (Å²) in [5.41, 5.74) is 6.84. The van der Waals surface area contributed by atoms with Crippen molar-refractivity contribution >= 4 is 23.2 Å². The van der Waals surface area contributed by atoms with Gasteiger partial charge in [-0.05, 0) is 24.5 Å². The van der Waals surface area contributed by atoms with Crippen molar-refractivity contribution in [1.82, 2.24) is 5.32 Å². The van der Waals surface area contributed by atoms with Crippen LogP contribution in [0.15, 0.2) is 18.2 Å². The van der Waals surface area contributed by atoms with Crippen LogP contribution in [-0.2, 0) is 9.59 Å². The predicted molar refractivity (Wildman–Crippen MR) is 81.2 cm³/mol. The molecule has 6 nitrogen and oxygen atoms in total. The Kier molecular flexibility index (Phi) is 4.67. The van der Waals surface area contributed by atoms with Crippen molar-refractivity contribution in [3.8, 4) is 5.75 Å². The summed E-state index contributed by atoms with van der Waals surface area (Å²) in [6.07, 6.45) is 0.913. The van der Waals surface area contributed by atoms with E-state index in [2.05, 4.69) is 19.2 Å². The summed E-state index contributed by atoms with van der Waals surface area (Å²) in [6.45, 7) is 4.73. The summed E-state index contributed by atoms with van der Waals surface area (Å²) in [7, 11) is 0. The van der Waals surface area contributed by atoms with E-state index in [0.717, 1.165) is 6.42 Å². The SMILES string of the molecule is CC(C)CCNC(=O)CN1C(=O)COc2cc(N)ccc21. The van der Waals surface area contributed by atoms with Gasteiger partial charge < -0.3 is 15.8 Å². The second-order valence-corrected chi connectivity index (χ2v) is 5.53. The van der Waals surface area contributed by atoms with E-state index in [1.807, 2.05) is 0 Å². The summed E-state index contributed by atoms with van der Waals surface area (Å²) in [6, 6.07) is 5.04. The third-order valence-corrected chi connectivity index (χ3v) is 3.27. The highest BCUT2D eigenvalue weighted by Crippen LogP contribution is 2.33. The maximum absolute atomic E-state index is 11.9. The number of benzene rings is 1. The molecule has 6 heteroatoms. The van der Waals surface area contributed by atoms with Crippen LogP contribution in [0.4, 0.5) is 11.4 Å². The highest BCUT2D eigenvalue weighted by molar-refractivity contribution is 6.02. The van der Waals surface area contributed by atoms with Crippen LogP contribution in [0.2, 0.25) is 0 Å². The van der Waals surface area contributed by atoms with Gasteiger partial charge in [0.05, 0.1) is 5.69 Å². The predicted octanol–water partition coefficient (Wildman–Crippen LogP) is 1.16. The molecule has 0 saturated carbocycles. The lowest BCUT2D eigenvalue weighted by atomic mass is 10.1. The summed E-state index contributed by atoms with van der Waals surface area (Å²) in [5, 5.41) is 2.83. The Morgan fingerprint density at radius 2 is 2.24 bits per heavy atom. The molecular weight excluding hydrogens is 270 g/mol. The standard InChI is InChI=1S/C15H21N3O3/c1-10(2)5-6-17-14(19)8-18-12-4-3-11(16)7-13(12)21-9-15(18)20/h3-4,7,10H,5-6,8-9,16H2,1-2H3,(H,17,19). The summed E-state index contributed by atoms with van der Waals surface area (Å²) < 4.78 is 5.34. The molecule has 21 heavy (non-hydrogen) atoms. The first-order valence-corrected chi connectivity index (χ1v) is 7.06. The van der Waals surface area contributed by atoms with Crippen molar-refractivity contribution in [2.75, 3.05) is 30.3 Å². The van der Waals surface area contributed by atoms with Crippen LogP contribution >= 0.6 is 0 Å². The molecule has 0 fully saturated rings. The number of fused-ring (bicyclic) bond motifs is 1. The fourth-order valence-corrected chi connectivity index (χ4v) is 2.09. The Labute approximate surface area is 124 Å². The maximum Gasteiger partial charge on any atom is 0.265 e. The normalized spacial score (nSPS) is 13.9. The fraction of sp³-hybridized carbons (Fsp3) is 0.467. The largest absolute Gasteiger partial charge is 0.481 e. The van der Waals surface area contributed by atoms with Gasteiger partial charge in [0, 0.05) is 18.3 Å². The maximum atomic E-state index is 11.9. The monoisotopic (exact) mass is 291 g/mol. The van der Waals surface area contributed by atoms with Crippen molar-refractivity contribution in [1.29, 1.82) is 0 Å². The van der Waals surface area contributed by atoms with Crippen LogP contribution in [0.3, 0.4) is 0 Å². The van der Waals surface area contributed by atoms with Crippen LogP contribution in [0.5, 0.6) is 5.75 Å². The number of hydrogen-bond acceptors (Lipinski definition) is 4. The van der Waals surface area contributed by atoms with E-state index in [-0.39, 0.29) is 25.0 Å². The van der Waals surface area contributed by atoms with Gasteiger partial charge in [0.2, 0.25) is 5.91 Å². The third kappa shape index (κ3) is 3.87. The molecule has 2 amide bonds. The molecule has 0 bridgehead atoms. The Balaban J connectivity index is 2.02. The zero-order chi connectivity index (χ0) is 15.4. The van der Waals surface area contributed by atoms with Crippen molar-refractivity contribution in [3.05, 3.63) is 18.2 Å². The van der Waals surface area contributed by atoms with Crippen LogP contribution in [0.25, 0.3) is 0 Å².